The van der Waals surface area contributed by atoms with Gasteiger partial charge in [-0.15, -0.1) is 0 Å². The number of aromatic hydroxyl groups is 1. The Bertz CT molecular complexity index is 1700. The van der Waals surface area contributed by atoms with Crippen molar-refractivity contribution in [2.75, 3.05) is 23.3 Å². The molecule has 2 aliphatic rings. The van der Waals surface area contributed by atoms with Crippen LogP contribution in [0.4, 0.5) is 11.4 Å². The Hall–Kier alpha value is -3.81. The van der Waals surface area contributed by atoms with E-state index in [9.17, 15) is 18.3 Å². The van der Waals surface area contributed by atoms with Crippen molar-refractivity contribution in [3.63, 3.8) is 0 Å². The molecule has 3 aromatic rings. The van der Waals surface area contributed by atoms with Crippen molar-refractivity contribution in [3.05, 3.63) is 83.9 Å². The molecule has 2 bridgehead atoms. The smallest absolute Gasteiger partial charge is 0.508 e. The zero-order valence-electron chi connectivity index (χ0n) is 26.7. The van der Waals surface area contributed by atoms with E-state index in [1.54, 1.807) is 43.5 Å². The molecule has 47 heavy (non-hydrogen) atoms. The molecule has 3 unspecified atom stereocenters. The number of ether oxygens (including phenoxy) is 2. The van der Waals surface area contributed by atoms with Gasteiger partial charge in [-0.05, 0) is 72.0 Å². The molecular weight excluding hydrogens is 681 g/mol. The maximum atomic E-state index is 14.2. The summed E-state index contributed by atoms with van der Waals surface area (Å²) in [5.74, 6) is 0.755. The van der Waals surface area contributed by atoms with E-state index in [1.165, 1.54) is 4.31 Å². The average Bonchev–Trinajstić information content (AvgIpc) is 3.68. The summed E-state index contributed by atoms with van der Waals surface area (Å²) in [5, 5.41) is 21.8. The van der Waals surface area contributed by atoms with Crippen LogP contribution in [0, 0.1) is 10.2 Å². The summed E-state index contributed by atoms with van der Waals surface area (Å²) < 4.78 is 41.6. The quantitative estimate of drug-likeness (QED) is 0.126. The van der Waals surface area contributed by atoms with E-state index in [0.717, 1.165) is 59.7 Å². The molecule has 1 fully saturated rings. The third kappa shape index (κ3) is 8.02. The van der Waals surface area contributed by atoms with Gasteiger partial charge in [0.15, 0.2) is 0 Å². The maximum absolute atomic E-state index is 14.2. The number of hydrogen-bond donors (Lipinski definition) is 2. The number of nitrogens with one attached hydrogen (secondary N) is 1. The summed E-state index contributed by atoms with van der Waals surface area (Å²) in [5.41, 5.74) is 4.65. The van der Waals surface area contributed by atoms with Gasteiger partial charge in [0.2, 0.25) is 10.0 Å². The van der Waals surface area contributed by atoms with Crippen molar-refractivity contribution in [2.45, 2.75) is 74.6 Å². The van der Waals surface area contributed by atoms with Crippen LogP contribution in [0.2, 0.25) is 5.32 Å². The number of benzene rings is 3. The SMILES string of the molecule is CCN(c1ccc(OC)cc1)S(=O)(=O)C1CC2OC1C(c1ccc(NC(=O)CCCCCCC[Se]C#N)cc1)=C2c1ccc(O)cc1. The Balaban J connectivity index is 1.34. The number of carbonyl (C=O) groups is 1. The number of carbonyl (C=O) groups excluding carboxylic acids is 1. The number of methoxy groups -OCH3 is 1. The van der Waals surface area contributed by atoms with E-state index in [1.807, 2.05) is 43.3 Å². The molecule has 11 heteroatoms. The van der Waals surface area contributed by atoms with E-state index >= 15 is 0 Å². The second-order valence-corrected chi connectivity index (χ2v) is 15.6. The summed E-state index contributed by atoms with van der Waals surface area (Å²) in [6.07, 6.45) is 4.68. The molecule has 0 aliphatic carbocycles. The van der Waals surface area contributed by atoms with Crippen LogP contribution in [0.15, 0.2) is 72.8 Å². The Morgan fingerprint density at radius 2 is 1.62 bits per heavy atom. The fourth-order valence-electron chi connectivity index (χ4n) is 6.41. The molecule has 2 heterocycles. The zero-order chi connectivity index (χ0) is 33.4. The molecule has 5 rings (SSSR count). The molecule has 0 aromatic heterocycles. The van der Waals surface area contributed by atoms with Crippen LogP contribution in [0.5, 0.6) is 11.5 Å². The number of anilines is 2. The first-order valence-electron chi connectivity index (χ1n) is 16.0. The summed E-state index contributed by atoms with van der Waals surface area (Å²) >= 11 is 0.0942. The Labute approximate surface area is 283 Å². The topological polar surface area (TPSA) is 129 Å². The molecule has 9 nitrogen and oxygen atoms in total. The minimum Gasteiger partial charge on any atom is -0.508 e. The summed E-state index contributed by atoms with van der Waals surface area (Å²) in [6.45, 7) is 2.09. The first kappa shape index (κ1) is 34.5. The molecule has 0 saturated carbocycles. The molecule has 2 N–H and O–H groups in total. The molecule has 0 spiro atoms. The molecule has 1 amide bonds. The van der Waals surface area contributed by atoms with E-state index in [0.29, 0.717) is 30.0 Å². The van der Waals surface area contributed by atoms with Gasteiger partial charge < -0.3 is 14.6 Å². The van der Waals surface area contributed by atoms with Gasteiger partial charge in [-0.25, -0.2) is 8.42 Å². The van der Waals surface area contributed by atoms with E-state index in [2.05, 4.69) is 10.3 Å². The zero-order valence-corrected chi connectivity index (χ0v) is 29.3. The van der Waals surface area contributed by atoms with E-state index in [4.69, 9.17) is 14.7 Å². The molecule has 3 atom stereocenters. The molecule has 0 radical (unpaired) electrons. The predicted molar refractivity (Wildman–Crippen MR) is 186 cm³/mol. The normalized spacial score (nSPS) is 18.6. The third-order valence-corrected chi connectivity index (χ3v) is 12.3. The number of amides is 1. The minimum absolute atomic E-state index is 0.0397. The van der Waals surface area contributed by atoms with Crippen LogP contribution >= 0.6 is 0 Å². The first-order chi connectivity index (χ1) is 22.8. The third-order valence-electron chi connectivity index (χ3n) is 8.70. The number of rotatable bonds is 16. The van der Waals surface area contributed by atoms with E-state index < -0.39 is 27.5 Å². The minimum atomic E-state index is -3.83. The van der Waals surface area contributed by atoms with Gasteiger partial charge >= 0.3 is 115 Å². The number of nitriles is 1. The number of sulfonamides is 1. The van der Waals surface area contributed by atoms with Crippen molar-refractivity contribution in [3.8, 4) is 16.5 Å². The first-order valence-corrected chi connectivity index (χ1v) is 19.6. The summed E-state index contributed by atoms with van der Waals surface area (Å²) in [6, 6.07) is 21.4. The number of phenols is 1. The second-order valence-electron chi connectivity index (χ2n) is 11.7. The van der Waals surface area contributed by atoms with Crippen LogP contribution < -0.4 is 14.4 Å². The van der Waals surface area contributed by atoms with Gasteiger partial charge in [0.25, 0.3) is 0 Å². The van der Waals surface area contributed by atoms with Gasteiger partial charge in [0.05, 0.1) is 18.9 Å². The number of unbranched alkanes of at least 4 members (excludes halogenated alkanes) is 4. The van der Waals surface area contributed by atoms with Crippen LogP contribution in [0.1, 0.15) is 63.0 Å². The Morgan fingerprint density at radius 1 is 0.979 bits per heavy atom. The standard InChI is InChI=1S/C36H41N3O6SSe/c1-3-39(28-16-20-30(44-2)21-17-28)46(42,43)32-23-31-34(25-12-18-29(40)19-13-25)35(36(32)45-31)26-10-14-27(15-11-26)38-33(41)9-7-5-4-6-8-22-47-24-37/h10-21,31-32,36,40H,3-9,22-23H2,1-2H3,(H,38,41). The van der Waals surface area contributed by atoms with Crippen LogP contribution in [0.3, 0.4) is 0 Å². The molecule has 3 aromatic carbocycles. The second kappa shape index (κ2) is 15.9. The van der Waals surface area contributed by atoms with Crippen molar-refractivity contribution < 1.29 is 27.8 Å². The van der Waals surface area contributed by atoms with Gasteiger partial charge in [0.1, 0.15) is 22.9 Å². The fraction of sp³-hybridized carbons (Fsp3) is 0.389. The van der Waals surface area contributed by atoms with Crippen molar-refractivity contribution in [1.82, 2.24) is 0 Å². The molecular formula is C36H41N3O6SSe. The average molecular weight is 723 g/mol. The number of hydrogen-bond acceptors (Lipinski definition) is 7. The number of phenolic OH excluding ortho intramolecular Hbond substituents is 1. The van der Waals surface area contributed by atoms with E-state index in [-0.39, 0.29) is 33.2 Å². The summed E-state index contributed by atoms with van der Waals surface area (Å²) in [7, 11) is -2.26. The van der Waals surface area contributed by atoms with Gasteiger partial charge in [-0.3, -0.25) is 4.31 Å². The fourth-order valence-corrected chi connectivity index (χ4v) is 9.37. The summed E-state index contributed by atoms with van der Waals surface area (Å²) in [4.78, 5) is 14.9. The number of nitrogens with zero attached hydrogens (tertiary/aromatic N) is 2. The predicted octanol–water partition coefficient (Wildman–Crippen LogP) is 6.59. The van der Waals surface area contributed by atoms with Gasteiger partial charge in [-0.1, -0.05) is 12.1 Å². The molecule has 248 valence electrons. The van der Waals surface area contributed by atoms with Crippen molar-refractivity contribution >= 4 is 53.4 Å². The Morgan fingerprint density at radius 3 is 2.28 bits per heavy atom. The number of fused-ring (bicyclic) bond motifs is 2. The van der Waals surface area contributed by atoms with Crippen LogP contribution in [-0.4, -0.2) is 65.5 Å². The van der Waals surface area contributed by atoms with Crippen LogP contribution in [0.25, 0.3) is 11.1 Å². The van der Waals surface area contributed by atoms with Gasteiger partial charge in [-0.2, -0.15) is 0 Å². The van der Waals surface area contributed by atoms with Crippen LogP contribution in [-0.2, 0) is 19.6 Å². The van der Waals surface area contributed by atoms with Crippen molar-refractivity contribution in [1.29, 1.82) is 5.26 Å². The molecule has 2 aliphatic heterocycles. The Kier molecular flexibility index (Phi) is 11.6. The van der Waals surface area contributed by atoms with Crippen molar-refractivity contribution in [2.24, 2.45) is 0 Å². The molecule has 1 saturated heterocycles. The monoisotopic (exact) mass is 723 g/mol. The van der Waals surface area contributed by atoms with Gasteiger partial charge in [0, 0.05) is 6.54 Å².